The van der Waals surface area contributed by atoms with E-state index in [1.54, 1.807) is 0 Å². The van der Waals surface area contributed by atoms with Crippen LogP contribution in [-0.2, 0) is 33.3 Å². The quantitative estimate of drug-likeness (QED) is 0.204. The van der Waals surface area contributed by atoms with E-state index in [9.17, 15) is 9.59 Å². The number of carboxylic acid groups (broad SMARTS) is 1. The predicted molar refractivity (Wildman–Crippen MR) is 117 cm³/mol. The van der Waals surface area contributed by atoms with Crippen molar-refractivity contribution in [2.24, 2.45) is 0 Å². The summed E-state index contributed by atoms with van der Waals surface area (Å²) in [5.41, 5.74) is 0. The molecule has 0 aliphatic rings. The molecule has 2 N–H and O–H groups in total. The number of unbranched alkanes of at least 4 members (excludes halogenated alkanes) is 4. The van der Waals surface area contributed by atoms with Crippen LogP contribution in [0.15, 0.2) is 0 Å². The van der Waals surface area contributed by atoms with E-state index in [2.05, 4.69) is 12.2 Å². The van der Waals surface area contributed by atoms with Crippen LogP contribution in [0.25, 0.3) is 0 Å². The minimum atomic E-state index is -0.971. The van der Waals surface area contributed by atoms with Crippen LogP contribution in [0, 0.1) is 0 Å². The third-order valence-electron chi connectivity index (χ3n) is 4.23. The highest BCUT2D eigenvalue weighted by atomic mass is 16.6. The smallest absolute Gasteiger partial charge is 0.303 e. The van der Waals surface area contributed by atoms with Crippen LogP contribution in [0.2, 0.25) is 0 Å². The molecule has 0 fully saturated rings. The normalized spacial score (nSPS) is 11.0. The van der Waals surface area contributed by atoms with Crippen LogP contribution in [0.1, 0.15) is 58.3 Å². The molecule has 0 spiro atoms. The molecule has 0 radical (unpaired) electrons. The summed E-state index contributed by atoms with van der Waals surface area (Å²) in [5.74, 6) is -1.22. The van der Waals surface area contributed by atoms with E-state index in [1.165, 1.54) is 25.7 Å². The second-order valence-corrected chi connectivity index (χ2v) is 7.07. The first-order chi connectivity index (χ1) is 15.2. The Bertz CT molecular complexity index is 409. The average molecular weight is 450 g/mol. The maximum absolute atomic E-state index is 11.3. The van der Waals surface area contributed by atoms with Crippen molar-refractivity contribution in [3.63, 3.8) is 0 Å². The van der Waals surface area contributed by atoms with Gasteiger partial charge in [-0.2, -0.15) is 0 Å². The number of ether oxygens (including phenoxy) is 5. The molecule has 31 heavy (non-hydrogen) atoms. The third kappa shape index (κ3) is 26.7. The van der Waals surface area contributed by atoms with Crippen LogP contribution in [0.5, 0.6) is 0 Å². The summed E-state index contributed by atoms with van der Waals surface area (Å²) in [6.07, 6.45) is 6.77. The Morgan fingerprint density at radius 3 is 1.55 bits per heavy atom. The monoisotopic (exact) mass is 449 g/mol. The van der Waals surface area contributed by atoms with Gasteiger partial charge in [-0.05, 0) is 12.8 Å². The number of rotatable bonds is 25. The van der Waals surface area contributed by atoms with E-state index >= 15 is 0 Å². The van der Waals surface area contributed by atoms with E-state index in [-0.39, 0.29) is 18.7 Å². The van der Waals surface area contributed by atoms with Crippen molar-refractivity contribution in [1.82, 2.24) is 5.32 Å². The molecular formula is C22H43NO8. The van der Waals surface area contributed by atoms with E-state index in [0.717, 1.165) is 13.0 Å². The lowest BCUT2D eigenvalue weighted by molar-refractivity contribution is -0.138. The molecular weight excluding hydrogens is 406 g/mol. The van der Waals surface area contributed by atoms with Crippen molar-refractivity contribution in [3.05, 3.63) is 0 Å². The van der Waals surface area contributed by atoms with E-state index < -0.39 is 5.97 Å². The molecule has 0 saturated heterocycles. The van der Waals surface area contributed by atoms with Crippen LogP contribution < -0.4 is 5.32 Å². The summed E-state index contributed by atoms with van der Waals surface area (Å²) < 4.78 is 27.2. The van der Waals surface area contributed by atoms with Gasteiger partial charge in [-0.1, -0.05) is 32.6 Å². The summed E-state index contributed by atoms with van der Waals surface area (Å²) >= 11 is 0. The molecule has 0 aliphatic carbocycles. The van der Waals surface area contributed by atoms with Crippen molar-refractivity contribution in [1.29, 1.82) is 0 Å². The fourth-order valence-electron chi connectivity index (χ4n) is 2.50. The Kier molecular flexibility index (Phi) is 24.0. The number of aliphatic carboxylic acids is 1. The zero-order valence-electron chi connectivity index (χ0n) is 19.2. The van der Waals surface area contributed by atoms with Crippen molar-refractivity contribution in [2.45, 2.75) is 58.3 Å². The molecule has 184 valence electrons. The lowest BCUT2D eigenvalue weighted by atomic mass is 10.2. The topological polar surface area (TPSA) is 113 Å². The average Bonchev–Trinajstić information content (AvgIpc) is 2.75. The standard InChI is InChI=1S/C22H43NO8/c1-2-3-4-5-6-11-27-13-15-29-17-19-31-20-18-30-16-14-28-12-7-10-23-21(24)8-9-22(25)26/h2-20H2,1H3,(H,23,24)(H,25,26). The fraction of sp³-hybridized carbons (Fsp3) is 0.909. The molecule has 0 unspecified atom stereocenters. The maximum atomic E-state index is 11.3. The summed E-state index contributed by atoms with van der Waals surface area (Å²) in [4.78, 5) is 21.6. The summed E-state index contributed by atoms with van der Waals surface area (Å²) in [5, 5.41) is 11.1. The number of carbonyl (C=O) groups excluding carboxylic acids is 1. The number of amides is 1. The zero-order chi connectivity index (χ0) is 22.8. The molecule has 0 bridgehead atoms. The van der Waals surface area contributed by atoms with Gasteiger partial charge in [-0.15, -0.1) is 0 Å². The van der Waals surface area contributed by atoms with Crippen LogP contribution in [-0.4, -0.2) is 89.6 Å². The van der Waals surface area contributed by atoms with Crippen molar-refractivity contribution < 1.29 is 38.4 Å². The predicted octanol–water partition coefficient (Wildman–Crippen LogP) is 2.41. The highest BCUT2D eigenvalue weighted by Crippen LogP contribution is 2.02. The number of hydrogen-bond donors (Lipinski definition) is 2. The van der Waals surface area contributed by atoms with Crippen molar-refractivity contribution >= 4 is 11.9 Å². The molecule has 0 heterocycles. The van der Waals surface area contributed by atoms with Gasteiger partial charge in [0.25, 0.3) is 0 Å². The van der Waals surface area contributed by atoms with Crippen LogP contribution in [0.4, 0.5) is 0 Å². The summed E-state index contributed by atoms with van der Waals surface area (Å²) in [7, 11) is 0. The van der Waals surface area contributed by atoms with E-state index in [1.807, 2.05) is 0 Å². The van der Waals surface area contributed by atoms with Gasteiger partial charge in [0.2, 0.25) is 5.91 Å². The molecule has 0 aliphatic heterocycles. The summed E-state index contributed by atoms with van der Waals surface area (Å²) in [6.45, 7) is 8.32. The van der Waals surface area contributed by atoms with Gasteiger partial charge >= 0.3 is 5.97 Å². The van der Waals surface area contributed by atoms with Gasteiger partial charge in [0.1, 0.15) is 0 Å². The van der Waals surface area contributed by atoms with Gasteiger partial charge in [-0.25, -0.2) is 0 Å². The maximum Gasteiger partial charge on any atom is 0.303 e. The Hall–Kier alpha value is -1.26. The Labute approximate surface area is 187 Å². The van der Waals surface area contributed by atoms with Gasteiger partial charge in [0, 0.05) is 26.2 Å². The second-order valence-electron chi connectivity index (χ2n) is 7.07. The van der Waals surface area contributed by atoms with Gasteiger partial charge in [0.15, 0.2) is 0 Å². The number of carbonyl (C=O) groups is 2. The molecule has 0 rings (SSSR count). The zero-order valence-corrected chi connectivity index (χ0v) is 19.2. The Balaban J connectivity index is 3.08. The SMILES string of the molecule is CCCCCCCOCCOCCOCCOCCOCCCNC(=O)CCC(=O)O. The lowest BCUT2D eigenvalue weighted by Gasteiger charge is -2.08. The molecule has 9 heteroatoms. The van der Waals surface area contributed by atoms with Crippen LogP contribution >= 0.6 is 0 Å². The molecule has 0 aromatic carbocycles. The fourth-order valence-corrected chi connectivity index (χ4v) is 2.50. The molecule has 0 saturated carbocycles. The molecule has 9 nitrogen and oxygen atoms in total. The number of carboxylic acids is 1. The van der Waals surface area contributed by atoms with Crippen molar-refractivity contribution in [2.75, 3.05) is 72.6 Å². The summed E-state index contributed by atoms with van der Waals surface area (Å²) in [6, 6.07) is 0. The second kappa shape index (κ2) is 25.0. The highest BCUT2D eigenvalue weighted by Gasteiger charge is 2.04. The first-order valence-electron chi connectivity index (χ1n) is 11.5. The third-order valence-corrected chi connectivity index (χ3v) is 4.23. The minimum absolute atomic E-state index is 0.00585. The number of nitrogens with one attached hydrogen (secondary N) is 1. The largest absolute Gasteiger partial charge is 0.481 e. The van der Waals surface area contributed by atoms with E-state index in [0.29, 0.717) is 72.4 Å². The number of hydrogen-bond acceptors (Lipinski definition) is 7. The Morgan fingerprint density at radius 1 is 0.613 bits per heavy atom. The molecule has 0 aromatic heterocycles. The van der Waals surface area contributed by atoms with Gasteiger partial charge in [0.05, 0.1) is 59.3 Å². The lowest BCUT2D eigenvalue weighted by Crippen LogP contribution is -2.25. The first kappa shape index (κ1) is 29.7. The van der Waals surface area contributed by atoms with Crippen molar-refractivity contribution in [3.8, 4) is 0 Å². The molecule has 0 atom stereocenters. The Morgan fingerprint density at radius 2 is 1.06 bits per heavy atom. The highest BCUT2D eigenvalue weighted by molar-refractivity contribution is 5.80. The first-order valence-corrected chi connectivity index (χ1v) is 11.5. The molecule has 1 amide bonds. The van der Waals surface area contributed by atoms with E-state index in [4.69, 9.17) is 28.8 Å². The van der Waals surface area contributed by atoms with Gasteiger partial charge in [-0.3, -0.25) is 9.59 Å². The molecule has 0 aromatic rings. The minimum Gasteiger partial charge on any atom is -0.481 e. The van der Waals surface area contributed by atoms with Crippen LogP contribution in [0.3, 0.4) is 0 Å². The van der Waals surface area contributed by atoms with Gasteiger partial charge < -0.3 is 34.1 Å².